The van der Waals surface area contributed by atoms with Crippen molar-refractivity contribution in [2.45, 2.75) is 24.7 Å². The Labute approximate surface area is 190 Å². The second kappa shape index (κ2) is 8.99. The number of hydrogen-bond acceptors (Lipinski definition) is 4. The third-order valence-corrected chi connectivity index (χ3v) is 7.05. The largest absolute Gasteiger partial charge is 0.436 e. The molecule has 174 valence electrons. The zero-order valence-corrected chi connectivity index (χ0v) is 18.8. The lowest BCUT2D eigenvalue weighted by Crippen LogP contribution is -2.48. The molecule has 7 nitrogen and oxygen atoms in total. The van der Waals surface area contributed by atoms with Gasteiger partial charge in [-0.2, -0.15) is 0 Å². The molecule has 0 bridgehead atoms. The number of urea groups is 1. The Hall–Kier alpha value is -2.79. The van der Waals surface area contributed by atoms with Gasteiger partial charge in [-0.15, -0.1) is 6.42 Å². The van der Waals surface area contributed by atoms with E-state index in [1.165, 1.54) is 6.07 Å². The van der Waals surface area contributed by atoms with Crippen molar-refractivity contribution in [1.29, 1.82) is 0 Å². The molecule has 0 aromatic heterocycles. The standard InChI is InChI=1S/C24H31FN4O3.H2/c1-4-13-32-23(31)28-10-7-18(16-28)15-27-11-8-24(9-12-27)17-29(22(30)26(2)3)21-6-5-19(25)14-20(21)24;/h1,5-6,14,18H,7-13,15-17H2,2-3H3;1H/t18-;/m1./s1. The van der Waals surface area contributed by atoms with Gasteiger partial charge in [-0.3, -0.25) is 4.90 Å². The van der Waals surface area contributed by atoms with Gasteiger partial charge in [0.1, 0.15) is 5.82 Å². The number of piperidine rings is 1. The average Bonchev–Trinajstić information content (AvgIpc) is 3.36. The Morgan fingerprint density at radius 3 is 2.75 bits per heavy atom. The average molecular weight is 445 g/mol. The Morgan fingerprint density at radius 2 is 2.06 bits per heavy atom. The maximum absolute atomic E-state index is 14.1. The number of carbonyl (C=O) groups is 2. The van der Waals surface area contributed by atoms with Gasteiger partial charge in [0.25, 0.3) is 0 Å². The summed E-state index contributed by atoms with van der Waals surface area (Å²) in [4.78, 5) is 32.3. The van der Waals surface area contributed by atoms with Crippen LogP contribution in [0.2, 0.25) is 0 Å². The highest BCUT2D eigenvalue weighted by atomic mass is 19.1. The first kappa shape index (κ1) is 22.4. The highest BCUT2D eigenvalue weighted by molar-refractivity contribution is 5.95. The van der Waals surface area contributed by atoms with Crippen molar-refractivity contribution in [2.75, 3.05) is 64.9 Å². The third-order valence-electron chi connectivity index (χ3n) is 7.05. The van der Waals surface area contributed by atoms with Gasteiger partial charge in [0, 0.05) is 52.8 Å². The van der Waals surface area contributed by atoms with Crippen LogP contribution >= 0.6 is 0 Å². The number of benzene rings is 1. The van der Waals surface area contributed by atoms with Crippen molar-refractivity contribution >= 4 is 17.8 Å². The topological polar surface area (TPSA) is 56.3 Å². The van der Waals surface area contributed by atoms with Crippen LogP contribution < -0.4 is 4.90 Å². The Kier molecular flexibility index (Phi) is 6.29. The minimum absolute atomic E-state index is 0. The molecular formula is C24H33FN4O3. The summed E-state index contributed by atoms with van der Waals surface area (Å²) in [6, 6.07) is 4.72. The molecule has 1 aromatic rings. The molecule has 0 N–H and O–H groups in total. The highest BCUT2D eigenvalue weighted by Crippen LogP contribution is 2.47. The molecule has 2 saturated heterocycles. The number of fused-ring (bicyclic) bond motifs is 2. The molecule has 0 saturated carbocycles. The number of anilines is 1. The Balaban J connectivity index is 0.00000306. The maximum Gasteiger partial charge on any atom is 0.410 e. The number of nitrogens with zero attached hydrogens (tertiary/aromatic N) is 4. The van der Waals surface area contributed by atoms with Crippen LogP contribution in [-0.4, -0.2) is 86.8 Å². The molecular weight excluding hydrogens is 411 g/mol. The zero-order chi connectivity index (χ0) is 22.9. The quantitative estimate of drug-likeness (QED) is 0.673. The van der Waals surface area contributed by atoms with Crippen molar-refractivity contribution in [1.82, 2.24) is 14.7 Å². The number of carbonyl (C=O) groups excluding carboxylic acids is 2. The molecule has 32 heavy (non-hydrogen) atoms. The molecule has 0 radical (unpaired) electrons. The molecule has 0 aliphatic carbocycles. The van der Waals surface area contributed by atoms with Gasteiger partial charge in [-0.05, 0) is 62.0 Å². The summed E-state index contributed by atoms with van der Waals surface area (Å²) in [6.07, 6.45) is 7.52. The van der Waals surface area contributed by atoms with Crippen LogP contribution in [0.1, 0.15) is 26.3 Å². The first-order valence-corrected chi connectivity index (χ1v) is 11.2. The van der Waals surface area contributed by atoms with Gasteiger partial charge >= 0.3 is 12.1 Å². The molecule has 1 aromatic carbocycles. The molecule has 3 amide bonds. The third kappa shape index (κ3) is 4.26. The normalized spacial score (nSPS) is 22.0. The minimum atomic E-state index is -0.335. The van der Waals surface area contributed by atoms with E-state index in [2.05, 4.69) is 10.8 Å². The predicted molar refractivity (Wildman–Crippen MR) is 122 cm³/mol. The lowest BCUT2D eigenvalue weighted by Gasteiger charge is -2.40. The molecule has 0 unspecified atom stereocenters. The monoisotopic (exact) mass is 444 g/mol. The Bertz CT molecular complexity index is 927. The van der Waals surface area contributed by atoms with Crippen LogP contribution in [0.15, 0.2) is 18.2 Å². The zero-order valence-electron chi connectivity index (χ0n) is 18.8. The second-order valence-corrected chi connectivity index (χ2v) is 9.36. The summed E-state index contributed by atoms with van der Waals surface area (Å²) in [5.74, 6) is 2.47. The number of rotatable bonds is 3. The lowest BCUT2D eigenvalue weighted by molar-refractivity contribution is 0.117. The van der Waals surface area contributed by atoms with Gasteiger partial charge in [0.05, 0.1) is 0 Å². The maximum atomic E-state index is 14.1. The van der Waals surface area contributed by atoms with Crippen LogP contribution in [0.4, 0.5) is 19.7 Å². The first-order valence-electron chi connectivity index (χ1n) is 11.2. The van der Waals surface area contributed by atoms with Gasteiger partial charge in [-0.25, -0.2) is 14.0 Å². The summed E-state index contributed by atoms with van der Waals surface area (Å²) in [5, 5.41) is 0. The number of halogens is 1. The van der Waals surface area contributed by atoms with Gasteiger partial charge in [0.2, 0.25) is 0 Å². The number of hydrogen-bond donors (Lipinski definition) is 0. The fourth-order valence-electron chi connectivity index (χ4n) is 5.35. The van der Waals surface area contributed by atoms with E-state index in [4.69, 9.17) is 11.2 Å². The fraction of sp³-hybridized carbons (Fsp3) is 0.583. The van der Waals surface area contributed by atoms with E-state index in [1.807, 2.05) is 0 Å². The van der Waals surface area contributed by atoms with E-state index in [0.29, 0.717) is 25.6 Å². The number of terminal acetylenes is 1. The predicted octanol–water partition coefficient (Wildman–Crippen LogP) is 3.00. The van der Waals surface area contributed by atoms with E-state index in [0.717, 1.165) is 50.1 Å². The van der Waals surface area contributed by atoms with Gasteiger partial charge in [-0.1, -0.05) is 5.92 Å². The van der Waals surface area contributed by atoms with Crippen LogP contribution in [-0.2, 0) is 10.2 Å². The van der Waals surface area contributed by atoms with E-state index >= 15 is 0 Å². The number of amides is 3. The highest BCUT2D eigenvalue weighted by Gasteiger charge is 2.47. The van der Waals surface area contributed by atoms with Crippen molar-refractivity contribution in [3.8, 4) is 12.3 Å². The van der Waals surface area contributed by atoms with Crippen molar-refractivity contribution in [2.24, 2.45) is 5.92 Å². The van der Waals surface area contributed by atoms with Crippen LogP contribution in [0.3, 0.4) is 0 Å². The van der Waals surface area contributed by atoms with E-state index in [-0.39, 0.29) is 31.4 Å². The molecule has 1 spiro atoms. The van der Waals surface area contributed by atoms with Crippen LogP contribution in [0, 0.1) is 24.1 Å². The fourth-order valence-corrected chi connectivity index (χ4v) is 5.35. The van der Waals surface area contributed by atoms with Gasteiger partial charge in [0.15, 0.2) is 6.61 Å². The number of likely N-dealkylation sites (tertiary alicyclic amines) is 2. The van der Waals surface area contributed by atoms with Crippen molar-refractivity contribution in [3.05, 3.63) is 29.6 Å². The SMILES string of the molecule is C#CCOC(=O)N1CC[C@H](CN2CCC3(CC2)CN(C(=O)N(C)C)c2ccc(F)cc23)C1.[HH]. The molecule has 1 atom stereocenters. The molecule has 3 heterocycles. The molecule has 3 aliphatic rings. The first-order chi connectivity index (χ1) is 15.3. The van der Waals surface area contributed by atoms with Crippen molar-refractivity contribution in [3.63, 3.8) is 0 Å². The van der Waals surface area contributed by atoms with E-state index < -0.39 is 0 Å². The van der Waals surface area contributed by atoms with Crippen LogP contribution in [0.25, 0.3) is 0 Å². The summed E-state index contributed by atoms with van der Waals surface area (Å²) in [5.41, 5.74) is 1.58. The summed E-state index contributed by atoms with van der Waals surface area (Å²) in [7, 11) is 3.48. The minimum Gasteiger partial charge on any atom is -0.436 e. The lowest BCUT2D eigenvalue weighted by atomic mass is 9.74. The van der Waals surface area contributed by atoms with Crippen molar-refractivity contribution < 1.29 is 20.1 Å². The summed E-state index contributed by atoms with van der Waals surface area (Å²) < 4.78 is 19.2. The molecule has 2 fully saturated rings. The second-order valence-electron chi connectivity index (χ2n) is 9.36. The molecule has 8 heteroatoms. The summed E-state index contributed by atoms with van der Waals surface area (Å²) in [6.45, 7) is 4.67. The van der Waals surface area contributed by atoms with E-state index in [1.54, 1.807) is 40.9 Å². The Morgan fingerprint density at radius 1 is 1.31 bits per heavy atom. The van der Waals surface area contributed by atoms with Crippen LogP contribution in [0.5, 0.6) is 0 Å². The summed E-state index contributed by atoms with van der Waals surface area (Å²) >= 11 is 0. The van der Waals surface area contributed by atoms with Gasteiger partial charge < -0.3 is 19.4 Å². The molecule has 4 rings (SSSR count). The smallest absolute Gasteiger partial charge is 0.410 e. The molecule has 3 aliphatic heterocycles. The number of ether oxygens (including phenoxy) is 1. The van der Waals surface area contributed by atoms with E-state index in [9.17, 15) is 14.0 Å².